The Morgan fingerprint density at radius 3 is 2.67 bits per heavy atom. The minimum atomic E-state index is 0.0435. The third-order valence-electron chi connectivity index (χ3n) is 1.29. The van der Waals surface area contributed by atoms with Crippen LogP contribution in [0, 0.1) is 0 Å². The van der Waals surface area contributed by atoms with Crippen molar-refractivity contribution in [1.82, 2.24) is 10.6 Å². The standard InChI is InChI=1S/C8H19N3O/c1-7(2)11-8(12)6-10-5-3-4-9/h7,10H,3-6,9H2,1-2H3,(H,11,12). The van der Waals surface area contributed by atoms with Crippen molar-refractivity contribution in [2.24, 2.45) is 5.73 Å². The van der Waals surface area contributed by atoms with Gasteiger partial charge in [-0.2, -0.15) is 0 Å². The van der Waals surface area contributed by atoms with Gasteiger partial charge in [-0.15, -0.1) is 0 Å². The fourth-order valence-corrected chi connectivity index (χ4v) is 0.802. The molecule has 0 aromatic rings. The largest absolute Gasteiger partial charge is 0.353 e. The summed E-state index contributed by atoms with van der Waals surface area (Å²) >= 11 is 0. The van der Waals surface area contributed by atoms with E-state index in [1.807, 2.05) is 13.8 Å². The summed E-state index contributed by atoms with van der Waals surface area (Å²) in [5, 5.41) is 5.79. The minimum absolute atomic E-state index is 0.0435. The summed E-state index contributed by atoms with van der Waals surface area (Å²) in [6.45, 7) is 5.74. The SMILES string of the molecule is CC(C)NC(=O)CNCCCN. The van der Waals surface area contributed by atoms with Crippen LogP contribution < -0.4 is 16.4 Å². The van der Waals surface area contributed by atoms with Crippen molar-refractivity contribution >= 4 is 5.91 Å². The van der Waals surface area contributed by atoms with Gasteiger partial charge in [0.1, 0.15) is 0 Å². The van der Waals surface area contributed by atoms with Crippen molar-refractivity contribution in [2.75, 3.05) is 19.6 Å². The fraction of sp³-hybridized carbons (Fsp3) is 0.875. The molecule has 0 unspecified atom stereocenters. The molecule has 0 fully saturated rings. The highest BCUT2D eigenvalue weighted by atomic mass is 16.1. The second kappa shape index (κ2) is 7.06. The first kappa shape index (κ1) is 11.4. The van der Waals surface area contributed by atoms with E-state index in [1.165, 1.54) is 0 Å². The summed E-state index contributed by atoms with van der Waals surface area (Å²) in [5.41, 5.74) is 5.29. The minimum Gasteiger partial charge on any atom is -0.353 e. The number of rotatable bonds is 6. The first-order valence-electron chi connectivity index (χ1n) is 4.37. The number of carbonyl (C=O) groups excluding carboxylic acids is 1. The average Bonchev–Trinajstić information content (AvgIpc) is 1.97. The van der Waals surface area contributed by atoms with Gasteiger partial charge >= 0.3 is 0 Å². The lowest BCUT2D eigenvalue weighted by Crippen LogP contribution is -2.38. The van der Waals surface area contributed by atoms with E-state index < -0.39 is 0 Å². The molecule has 4 N–H and O–H groups in total. The van der Waals surface area contributed by atoms with Crippen LogP contribution in [0.4, 0.5) is 0 Å². The fourth-order valence-electron chi connectivity index (χ4n) is 0.802. The van der Waals surface area contributed by atoms with Crippen LogP contribution in [0.5, 0.6) is 0 Å². The summed E-state index contributed by atoms with van der Waals surface area (Å²) < 4.78 is 0. The monoisotopic (exact) mass is 173 g/mol. The molecule has 0 aliphatic rings. The summed E-state index contributed by atoms with van der Waals surface area (Å²) in [4.78, 5) is 11.0. The van der Waals surface area contributed by atoms with E-state index >= 15 is 0 Å². The molecule has 0 atom stereocenters. The molecular formula is C8H19N3O. The molecule has 72 valence electrons. The predicted molar refractivity (Wildman–Crippen MR) is 49.8 cm³/mol. The molecule has 4 nitrogen and oxygen atoms in total. The number of amides is 1. The van der Waals surface area contributed by atoms with Crippen LogP contribution in [0.1, 0.15) is 20.3 Å². The summed E-state index contributed by atoms with van der Waals surface area (Å²) in [6, 6.07) is 0.216. The molecule has 0 bridgehead atoms. The summed E-state index contributed by atoms with van der Waals surface area (Å²) in [7, 11) is 0. The smallest absolute Gasteiger partial charge is 0.234 e. The molecule has 0 spiro atoms. The highest BCUT2D eigenvalue weighted by Crippen LogP contribution is 1.76. The zero-order chi connectivity index (χ0) is 9.40. The molecule has 0 heterocycles. The van der Waals surface area contributed by atoms with E-state index in [0.717, 1.165) is 13.0 Å². The Bertz CT molecular complexity index is 125. The van der Waals surface area contributed by atoms with E-state index in [1.54, 1.807) is 0 Å². The molecule has 4 heteroatoms. The van der Waals surface area contributed by atoms with Crippen LogP contribution >= 0.6 is 0 Å². The maximum Gasteiger partial charge on any atom is 0.234 e. The summed E-state index contributed by atoms with van der Waals surface area (Å²) in [5.74, 6) is 0.0435. The van der Waals surface area contributed by atoms with Gasteiger partial charge in [-0.05, 0) is 33.4 Å². The lowest BCUT2D eigenvalue weighted by atomic mass is 10.4. The molecule has 0 aromatic heterocycles. The van der Waals surface area contributed by atoms with Crippen molar-refractivity contribution < 1.29 is 4.79 Å². The van der Waals surface area contributed by atoms with Crippen molar-refractivity contribution in [1.29, 1.82) is 0 Å². The van der Waals surface area contributed by atoms with Gasteiger partial charge in [0.25, 0.3) is 0 Å². The molecule has 0 aliphatic carbocycles. The van der Waals surface area contributed by atoms with E-state index in [9.17, 15) is 4.79 Å². The first-order chi connectivity index (χ1) is 5.66. The molecule has 0 radical (unpaired) electrons. The molecule has 0 aromatic carbocycles. The van der Waals surface area contributed by atoms with Crippen molar-refractivity contribution in [3.05, 3.63) is 0 Å². The zero-order valence-corrected chi connectivity index (χ0v) is 7.89. The Morgan fingerprint density at radius 1 is 1.50 bits per heavy atom. The molecule has 0 saturated carbocycles. The Hall–Kier alpha value is -0.610. The van der Waals surface area contributed by atoms with Crippen LogP contribution in [0.2, 0.25) is 0 Å². The number of carbonyl (C=O) groups is 1. The summed E-state index contributed by atoms with van der Waals surface area (Å²) in [6.07, 6.45) is 0.912. The van der Waals surface area contributed by atoms with Crippen LogP contribution in [0.15, 0.2) is 0 Å². The maximum absolute atomic E-state index is 11.0. The zero-order valence-electron chi connectivity index (χ0n) is 7.89. The Morgan fingerprint density at radius 2 is 2.17 bits per heavy atom. The normalized spacial score (nSPS) is 10.3. The highest BCUT2D eigenvalue weighted by Gasteiger charge is 2.00. The second-order valence-corrected chi connectivity index (χ2v) is 3.04. The number of nitrogens with two attached hydrogens (primary N) is 1. The number of nitrogens with one attached hydrogen (secondary N) is 2. The highest BCUT2D eigenvalue weighted by molar-refractivity contribution is 5.78. The molecule has 12 heavy (non-hydrogen) atoms. The van der Waals surface area contributed by atoms with Gasteiger partial charge in [0.15, 0.2) is 0 Å². The third kappa shape index (κ3) is 7.50. The Balaban J connectivity index is 3.20. The van der Waals surface area contributed by atoms with Gasteiger partial charge in [-0.25, -0.2) is 0 Å². The van der Waals surface area contributed by atoms with Crippen molar-refractivity contribution in [2.45, 2.75) is 26.3 Å². The first-order valence-corrected chi connectivity index (χ1v) is 4.37. The molecule has 1 amide bonds. The van der Waals surface area contributed by atoms with Crippen LogP contribution in [-0.4, -0.2) is 31.6 Å². The van der Waals surface area contributed by atoms with Gasteiger partial charge in [0.05, 0.1) is 6.54 Å². The van der Waals surface area contributed by atoms with Gasteiger partial charge in [0, 0.05) is 6.04 Å². The van der Waals surface area contributed by atoms with Gasteiger partial charge < -0.3 is 16.4 Å². The second-order valence-electron chi connectivity index (χ2n) is 3.04. The van der Waals surface area contributed by atoms with Gasteiger partial charge in [-0.3, -0.25) is 4.79 Å². The van der Waals surface area contributed by atoms with E-state index in [-0.39, 0.29) is 11.9 Å². The number of hydrogen-bond donors (Lipinski definition) is 3. The Labute approximate surface area is 73.9 Å². The quantitative estimate of drug-likeness (QED) is 0.472. The van der Waals surface area contributed by atoms with E-state index in [2.05, 4.69) is 10.6 Å². The topological polar surface area (TPSA) is 67.2 Å². The van der Waals surface area contributed by atoms with E-state index in [4.69, 9.17) is 5.73 Å². The lowest BCUT2D eigenvalue weighted by molar-refractivity contribution is -0.120. The maximum atomic E-state index is 11.0. The molecular weight excluding hydrogens is 154 g/mol. The van der Waals surface area contributed by atoms with Crippen LogP contribution in [0.25, 0.3) is 0 Å². The van der Waals surface area contributed by atoms with Gasteiger partial charge in [-0.1, -0.05) is 0 Å². The Kier molecular flexibility index (Phi) is 6.70. The van der Waals surface area contributed by atoms with Crippen LogP contribution in [0.3, 0.4) is 0 Å². The molecule has 0 rings (SSSR count). The van der Waals surface area contributed by atoms with Crippen molar-refractivity contribution in [3.63, 3.8) is 0 Å². The van der Waals surface area contributed by atoms with Crippen LogP contribution in [-0.2, 0) is 4.79 Å². The predicted octanol–water partition coefficient (Wildman–Crippen LogP) is -0.551. The van der Waals surface area contributed by atoms with E-state index in [0.29, 0.717) is 13.1 Å². The van der Waals surface area contributed by atoms with Gasteiger partial charge in [0.2, 0.25) is 5.91 Å². The average molecular weight is 173 g/mol. The molecule has 0 aliphatic heterocycles. The number of hydrogen-bond acceptors (Lipinski definition) is 3. The lowest BCUT2D eigenvalue weighted by Gasteiger charge is -2.08. The molecule has 0 saturated heterocycles. The third-order valence-corrected chi connectivity index (χ3v) is 1.29. The van der Waals surface area contributed by atoms with Crippen molar-refractivity contribution in [3.8, 4) is 0 Å².